The highest BCUT2D eigenvalue weighted by atomic mass is 79.9. The van der Waals surface area contributed by atoms with Gasteiger partial charge < -0.3 is 19.4 Å². The number of halogens is 1. The molecule has 0 spiro atoms. The number of aryl methyl sites for hydroxylation is 1. The number of ether oxygens (including phenoxy) is 2. The van der Waals surface area contributed by atoms with Gasteiger partial charge in [0.1, 0.15) is 5.75 Å². The third kappa shape index (κ3) is 5.35. The highest BCUT2D eigenvalue weighted by Gasteiger charge is 2.23. The average molecular weight is 387 g/mol. The van der Waals surface area contributed by atoms with Gasteiger partial charge >= 0.3 is 5.97 Å². The van der Waals surface area contributed by atoms with Crippen LogP contribution >= 0.6 is 15.9 Å². The number of esters is 1. The Balaban J connectivity index is 1.80. The van der Waals surface area contributed by atoms with E-state index in [1.165, 1.54) is 10.6 Å². The highest BCUT2D eigenvalue weighted by molar-refractivity contribution is 9.10. The van der Waals surface area contributed by atoms with E-state index in [1.54, 1.807) is 20.2 Å². The van der Waals surface area contributed by atoms with Crippen LogP contribution in [0.1, 0.15) is 32.6 Å². The van der Waals surface area contributed by atoms with Gasteiger partial charge in [-0.2, -0.15) is 0 Å². The molecule has 0 unspecified atom stereocenters. The predicted molar refractivity (Wildman–Crippen MR) is 90.7 cm³/mol. The molecule has 1 aliphatic carbocycles. The first-order valence-corrected chi connectivity index (χ1v) is 8.70. The normalized spacial score (nSPS) is 21.0. The van der Waals surface area contributed by atoms with Crippen molar-refractivity contribution in [1.82, 2.24) is 9.88 Å². The molecule has 1 aromatic heterocycles. The summed E-state index contributed by atoms with van der Waals surface area (Å²) >= 11 is 3.43. The van der Waals surface area contributed by atoms with Gasteiger partial charge in [0.05, 0.1) is 23.7 Å². The quantitative estimate of drug-likeness (QED) is 0.757. The minimum Gasteiger partial charge on any atom is -0.489 e. The van der Waals surface area contributed by atoms with Crippen molar-refractivity contribution in [2.75, 3.05) is 13.2 Å². The van der Waals surface area contributed by atoms with Crippen LogP contribution in [0.4, 0.5) is 0 Å². The topological polar surface area (TPSA) is 69.6 Å². The van der Waals surface area contributed by atoms with Crippen LogP contribution in [0.2, 0.25) is 0 Å². The standard InChI is InChI=1S/C16H23BrN2O4/c1-3-22-16(21)9-18-11-4-6-12(7-5-11)23-14-8-15(20)19(2)10-13(14)17/h8,10-12,18H,3-7,9H2,1-2H3. The smallest absolute Gasteiger partial charge is 0.319 e. The number of aromatic nitrogens is 1. The molecule has 1 aliphatic rings. The molecule has 1 heterocycles. The molecule has 2 rings (SSSR count). The maximum Gasteiger partial charge on any atom is 0.319 e. The zero-order valence-corrected chi connectivity index (χ0v) is 15.1. The molecule has 128 valence electrons. The van der Waals surface area contributed by atoms with Gasteiger partial charge in [-0.3, -0.25) is 9.59 Å². The Hall–Kier alpha value is -1.34. The fourth-order valence-electron chi connectivity index (χ4n) is 2.67. The number of pyridine rings is 1. The predicted octanol–water partition coefficient (Wildman–Crippen LogP) is 1.99. The summed E-state index contributed by atoms with van der Waals surface area (Å²) in [7, 11) is 1.71. The van der Waals surface area contributed by atoms with Crippen LogP contribution in [-0.2, 0) is 16.6 Å². The van der Waals surface area contributed by atoms with E-state index in [0.717, 1.165) is 30.2 Å². The van der Waals surface area contributed by atoms with Crippen LogP contribution in [0, 0.1) is 0 Å². The maximum absolute atomic E-state index is 11.7. The van der Waals surface area contributed by atoms with Gasteiger partial charge in [-0.1, -0.05) is 0 Å². The Labute approximate surface area is 144 Å². The summed E-state index contributed by atoms with van der Waals surface area (Å²) in [5.41, 5.74) is -0.0898. The number of hydrogen-bond acceptors (Lipinski definition) is 5. The SMILES string of the molecule is CCOC(=O)CNC1CCC(Oc2cc(=O)n(C)cc2Br)CC1. The summed E-state index contributed by atoms with van der Waals surface area (Å²) < 4.78 is 13.1. The molecule has 0 amide bonds. The molecule has 23 heavy (non-hydrogen) atoms. The Morgan fingerprint density at radius 3 is 2.74 bits per heavy atom. The largest absolute Gasteiger partial charge is 0.489 e. The first-order valence-electron chi connectivity index (χ1n) is 7.91. The molecule has 6 nitrogen and oxygen atoms in total. The number of hydrogen-bond donors (Lipinski definition) is 1. The highest BCUT2D eigenvalue weighted by Crippen LogP contribution is 2.28. The van der Waals surface area contributed by atoms with E-state index in [1.807, 2.05) is 0 Å². The third-order valence-electron chi connectivity index (χ3n) is 3.95. The van der Waals surface area contributed by atoms with Crippen molar-refractivity contribution in [3.05, 3.63) is 27.1 Å². The van der Waals surface area contributed by atoms with E-state index in [4.69, 9.17) is 9.47 Å². The molecule has 1 saturated carbocycles. The molecule has 1 fully saturated rings. The van der Waals surface area contributed by atoms with Gasteiger partial charge in [-0.15, -0.1) is 0 Å². The lowest BCUT2D eigenvalue weighted by atomic mass is 9.93. The monoisotopic (exact) mass is 386 g/mol. The minimum atomic E-state index is -0.213. The van der Waals surface area contributed by atoms with Crippen molar-refractivity contribution in [3.63, 3.8) is 0 Å². The van der Waals surface area contributed by atoms with Crippen molar-refractivity contribution in [3.8, 4) is 5.75 Å². The molecule has 0 atom stereocenters. The van der Waals surface area contributed by atoms with Gasteiger partial charge in [0, 0.05) is 25.4 Å². The second kappa shape index (κ2) is 8.49. The van der Waals surface area contributed by atoms with Crippen LogP contribution in [0.15, 0.2) is 21.5 Å². The van der Waals surface area contributed by atoms with E-state index in [0.29, 0.717) is 18.4 Å². The van der Waals surface area contributed by atoms with Crippen molar-refractivity contribution in [2.24, 2.45) is 7.05 Å². The van der Waals surface area contributed by atoms with Crippen LogP contribution in [0.25, 0.3) is 0 Å². The van der Waals surface area contributed by atoms with E-state index in [9.17, 15) is 9.59 Å². The van der Waals surface area contributed by atoms with Crippen molar-refractivity contribution < 1.29 is 14.3 Å². The van der Waals surface area contributed by atoms with Gasteiger partial charge in [-0.05, 0) is 48.5 Å². The third-order valence-corrected chi connectivity index (χ3v) is 4.55. The second-order valence-corrected chi connectivity index (χ2v) is 6.57. The summed E-state index contributed by atoms with van der Waals surface area (Å²) in [5.74, 6) is 0.381. The molecule has 0 bridgehead atoms. The summed E-state index contributed by atoms with van der Waals surface area (Å²) in [4.78, 5) is 23.0. The molecule has 1 aromatic rings. The molecule has 7 heteroatoms. The fourth-order valence-corrected chi connectivity index (χ4v) is 3.19. The molecule has 0 aromatic carbocycles. The molecule has 1 N–H and O–H groups in total. The van der Waals surface area contributed by atoms with E-state index < -0.39 is 0 Å². The average Bonchev–Trinajstić information content (AvgIpc) is 2.52. The Morgan fingerprint density at radius 2 is 2.09 bits per heavy atom. The molecular weight excluding hydrogens is 364 g/mol. The summed E-state index contributed by atoms with van der Waals surface area (Å²) in [6.07, 6.45) is 5.46. The minimum absolute atomic E-state index is 0.0898. The Bertz CT molecular complexity index is 594. The lowest BCUT2D eigenvalue weighted by Gasteiger charge is -2.29. The number of rotatable bonds is 6. The maximum atomic E-state index is 11.7. The lowest BCUT2D eigenvalue weighted by molar-refractivity contribution is -0.142. The Morgan fingerprint density at radius 1 is 1.39 bits per heavy atom. The van der Waals surface area contributed by atoms with Gasteiger partial charge in [0.25, 0.3) is 5.56 Å². The Kier molecular flexibility index (Phi) is 6.65. The molecular formula is C16H23BrN2O4. The van der Waals surface area contributed by atoms with E-state index >= 15 is 0 Å². The first-order chi connectivity index (χ1) is 11.0. The van der Waals surface area contributed by atoms with E-state index in [2.05, 4.69) is 21.2 Å². The zero-order chi connectivity index (χ0) is 16.8. The van der Waals surface area contributed by atoms with Crippen LogP contribution in [-0.4, -0.2) is 35.8 Å². The zero-order valence-electron chi connectivity index (χ0n) is 13.5. The van der Waals surface area contributed by atoms with Gasteiger partial charge in [0.15, 0.2) is 0 Å². The van der Waals surface area contributed by atoms with Crippen LogP contribution in [0.3, 0.4) is 0 Å². The van der Waals surface area contributed by atoms with Crippen molar-refractivity contribution in [2.45, 2.75) is 44.8 Å². The summed E-state index contributed by atoms with van der Waals surface area (Å²) in [6.45, 7) is 2.46. The summed E-state index contributed by atoms with van der Waals surface area (Å²) in [5, 5.41) is 3.23. The molecule has 0 aliphatic heterocycles. The van der Waals surface area contributed by atoms with Gasteiger partial charge in [-0.25, -0.2) is 0 Å². The van der Waals surface area contributed by atoms with Crippen LogP contribution in [0.5, 0.6) is 5.75 Å². The van der Waals surface area contributed by atoms with Crippen molar-refractivity contribution in [1.29, 1.82) is 0 Å². The number of carbonyl (C=O) groups is 1. The first kappa shape index (κ1) is 18.0. The number of nitrogens with zero attached hydrogens (tertiary/aromatic N) is 1. The lowest BCUT2D eigenvalue weighted by Crippen LogP contribution is -2.39. The molecule has 0 radical (unpaired) electrons. The van der Waals surface area contributed by atoms with E-state index in [-0.39, 0.29) is 24.2 Å². The number of carbonyl (C=O) groups excluding carboxylic acids is 1. The number of nitrogens with one attached hydrogen (secondary N) is 1. The fraction of sp³-hybridized carbons (Fsp3) is 0.625. The van der Waals surface area contributed by atoms with Crippen molar-refractivity contribution >= 4 is 21.9 Å². The molecule has 0 saturated heterocycles. The van der Waals surface area contributed by atoms with Gasteiger partial charge in [0.2, 0.25) is 0 Å². The second-order valence-electron chi connectivity index (χ2n) is 5.71. The van der Waals surface area contributed by atoms with Crippen LogP contribution < -0.4 is 15.6 Å². The summed E-state index contributed by atoms with van der Waals surface area (Å²) in [6, 6.07) is 1.82.